The zero-order chi connectivity index (χ0) is 10.9. The molecule has 0 aliphatic carbocycles. The maximum absolute atomic E-state index is 12.2. The van der Waals surface area contributed by atoms with Crippen molar-refractivity contribution in [3.8, 4) is 0 Å². The van der Waals surface area contributed by atoms with Crippen LogP contribution in [0.4, 0.5) is 0 Å². The van der Waals surface area contributed by atoms with E-state index in [0.29, 0.717) is 19.6 Å². The molecule has 2 saturated heterocycles. The second kappa shape index (κ2) is 4.37. The quantitative estimate of drug-likeness (QED) is 0.735. The van der Waals surface area contributed by atoms with Crippen molar-refractivity contribution in [2.75, 3.05) is 19.6 Å². The van der Waals surface area contributed by atoms with Gasteiger partial charge in [-0.3, -0.25) is 0 Å². The highest BCUT2D eigenvalue weighted by Crippen LogP contribution is 2.22. The first-order chi connectivity index (χ1) is 7.12. The van der Waals surface area contributed by atoms with E-state index in [1.54, 1.807) is 4.31 Å². The second-order valence-corrected chi connectivity index (χ2v) is 6.17. The topological polar surface area (TPSA) is 66.6 Å². The zero-order valence-corrected chi connectivity index (χ0v) is 9.75. The molecule has 0 aromatic carbocycles. The van der Waals surface area contributed by atoms with E-state index >= 15 is 0 Å². The van der Waals surface area contributed by atoms with Crippen LogP contribution >= 0.6 is 0 Å². The van der Waals surface area contributed by atoms with Gasteiger partial charge in [0.1, 0.15) is 0 Å². The van der Waals surface area contributed by atoms with E-state index in [4.69, 9.17) is 5.73 Å². The van der Waals surface area contributed by atoms with E-state index in [9.17, 15) is 8.42 Å². The van der Waals surface area contributed by atoms with Gasteiger partial charge in [0.15, 0.2) is 0 Å². The van der Waals surface area contributed by atoms with Crippen LogP contribution in [-0.4, -0.2) is 42.8 Å². The molecular formula is C9H19N3O2S. The average Bonchev–Trinajstić information content (AvgIpc) is 2.71. The maximum Gasteiger partial charge on any atom is 0.283 e. The number of piperidine rings is 1. The molecule has 6 heteroatoms. The Morgan fingerprint density at radius 3 is 2.20 bits per heavy atom. The third-order valence-electron chi connectivity index (χ3n) is 3.19. The molecule has 0 spiro atoms. The van der Waals surface area contributed by atoms with Crippen LogP contribution in [0.1, 0.15) is 32.1 Å². The van der Waals surface area contributed by atoms with Gasteiger partial charge < -0.3 is 5.73 Å². The van der Waals surface area contributed by atoms with Crippen molar-refractivity contribution in [3.05, 3.63) is 0 Å². The highest BCUT2D eigenvalue weighted by atomic mass is 32.2. The summed E-state index contributed by atoms with van der Waals surface area (Å²) in [5.41, 5.74) is 5.85. The first-order valence-electron chi connectivity index (χ1n) is 5.65. The van der Waals surface area contributed by atoms with Crippen LogP contribution in [0.3, 0.4) is 0 Å². The monoisotopic (exact) mass is 233 g/mol. The van der Waals surface area contributed by atoms with Crippen LogP contribution in [0.15, 0.2) is 0 Å². The van der Waals surface area contributed by atoms with Gasteiger partial charge in [0.2, 0.25) is 0 Å². The van der Waals surface area contributed by atoms with Gasteiger partial charge in [0.05, 0.1) is 6.17 Å². The van der Waals surface area contributed by atoms with E-state index in [0.717, 1.165) is 32.1 Å². The standard InChI is InChI=1S/C9H19N3O2S/c10-9-5-1-2-8-12(9)15(13,14)11-6-3-4-7-11/h9H,1-8,10H2. The molecule has 2 heterocycles. The minimum absolute atomic E-state index is 0.315. The predicted molar refractivity (Wildman–Crippen MR) is 58.3 cm³/mol. The van der Waals surface area contributed by atoms with E-state index in [-0.39, 0.29) is 6.17 Å². The van der Waals surface area contributed by atoms with Crippen LogP contribution in [0.5, 0.6) is 0 Å². The Balaban J connectivity index is 2.12. The number of nitrogens with two attached hydrogens (primary N) is 1. The highest BCUT2D eigenvalue weighted by Gasteiger charge is 2.35. The zero-order valence-electron chi connectivity index (χ0n) is 8.93. The summed E-state index contributed by atoms with van der Waals surface area (Å²) in [7, 11) is -3.27. The Morgan fingerprint density at radius 1 is 1.00 bits per heavy atom. The predicted octanol–water partition coefficient (Wildman–Crippen LogP) is 0.0977. The number of nitrogens with zero attached hydrogens (tertiary/aromatic N) is 2. The van der Waals surface area contributed by atoms with Gasteiger partial charge in [0.25, 0.3) is 10.2 Å². The molecule has 88 valence electrons. The molecule has 0 bridgehead atoms. The van der Waals surface area contributed by atoms with Crippen molar-refractivity contribution < 1.29 is 8.42 Å². The van der Waals surface area contributed by atoms with Crippen molar-refractivity contribution in [1.29, 1.82) is 0 Å². The minimum atomic E-state index is -3.27. The van der Waals surface area contributed by atoms with Gasteiger partial charge in [-0.25, -0.2) is 0 Å². The van der Waals surface area contributed by atoms with Gasteiger partial charge in [0, 0.05) is 19.6 Å². The summed E-state index contributed by atoms with van der Waals surface area (Å²) >= 11 is 0. The van der Waals surface area contributed by atoms with Crippen molar-refractivity contribution in [2.24, 2.45) is 5.73 Å². The Kier molecular flexibility index (Phi) is 3.30. The summed E-state index contributed by atoms with van der Waals surface area (Å²) < 4.78 is 27.4. The summed E-state index contributed by atoms with van der Waals surface area (Å²) in [5.74, 6) is 0. The molecule has 1 unspecified atom stereocenters. The average molecular weight is 233 g/mol. The third kappa shape index (κ3) is 2.18. The van der Waals surface area contributed by atoms with Crippen molar-refractivity contribution >= 4 is 10.2 Å². The van der Waals surface area contributed by atoms with E-state index in [1.165, 1.54) is 4.31 Å². The van der Waals surface area contributed by atoms with Crippen molar-refractivity contribution in [2.45, 2.75) is 38.3 Å². The summed E-state index contributed by atoms with van der Waals surface area (Å²) in [4.78, 5) is 0. The first kappa shape index (κ1) is 11.3. The van der Waals surface area contributed by atoms with Gasteiger partial charge >= 0.3 is 0 Å². The fraction of sp³-hybridized carbons (Fsp3) is 1.00. The fourth-order valence-corrected chi connectivity index (χ4v) is 4.11. The maximum atomic E-state index is 12.2. The molecule has 0 amide bonds. The molecule has 2 aliphatic heterocycles. The highest BCUT2D eigenvalue weighted by molar-refractivity contribution is 7.86. The molecule has 0 aromatic heterocycles. The number of rotatable bonds is 2. The Labute approximate surface area is 91.4 Å². The van der Waals surface area contributed by atoms with Crippen LogP contribution in [0.2, 0.25) is 0 Å². The summed E-state index contributed by atoms with van der Waals surface area (Å²) in [6, 6.07) is 0. The summed E-state index contributed by atoms with van der Waals surface area (Å²) in [6.45, 7) is 1.90. The third-order valence-corrected chi connectivity index (χ3v) is 5.25. The second-order valence-electron chi connectivity index (χ2n) is 4.29. The number of hydrogen-bond acceptors (Lipinski definition) is 3. The normalized spacial score (nSPS) is 30.9. The molecule has 2 aliphatic rings. The Bertz CT molecular complexity index is 311. The Morgan fingerprint density at radius 2 is 1.60 bits per heavy atom. The molecule has 0 aromatic rings. The lowest BCUT2D eigenvalue weighted by atomic mass is 10.1. The molecule has 2 rings (SSSR count). The first-order valence-corrected chi connectivity index (χ1v) is 7.04. The fourth-order valence-electron chi connectivity index (χ4n) is 2.28. The van der Waals surface area contributed by atoms with Crippen molar-refractivity contribution in [1.82, 2.24) is 8.61 Å². The summed E-state index contributed by atoms with van der Waals surface area (Å²) in [5, 5.41) is 0. The lowest BCUT2D eigenvalue weighted by Gasteiger charge is -2.34. The van der Waals surface area contributed by atoms with Crippen LogP contribution in [0, 0.1) is 0 Å². The lowest BCUT2D eigenvalue weighted by Crippen LogP contribution is -2.53. The van der Waals surface area contributed by atoms with Gasteiger partial charge in [-0.05, 0) is 32.1 Å². The molecule has 5 nitrogen and oxygen atoms in total. The van der Waals surface area contributed by atoms with Crippen molar-refractivity contribution in [3.63, 3.8) is 0 Å². The lowest BCUT2D eigenvalue weighted by molar-refractivity contribution is 0.241. The molecule has 1 atom stereocenters. The van der Waals surface area contributed by atoms with E-state index in [1.807, 2.05) is 0 Å². The smallest absolute Gasteiger partial charge is 0.283 e. The molecule has 2 N–H and O–H groups in total. The van der Waals surface area contributed by atoms with Crippen LogP contribution in [0.25, 0.3) is 0 Å². The largest absolute Gasteiger partial charge is 0.315 e. The Hall–Kier alpha value is -0.170. The molecule has 15 heavy (non-hydrogen) atoms. The van der Waals surface area contributed by atoms with Crippen LogP contribution < -0.4 is 5.73 Å². The molecule has 2 fully saturated rings. The van der Waals surface area contributed by atoms with Crippen LogP contribution in [-0.2, 0) is 10.2 Å². The van der Waals surface area contributed by atoms with E-state index in [2.05, 4.69) is 0 Å². The summed E-state index contributed by atoms with van der Waals surface area (Å²) in [6.07, 6.45) is 4.38. The SMILES string of the molecule is NC1CCCCN1S(=O)(=O)N1CCCC1. The molecule has 0 saturated carbocycles. The van der Waals surface area contributed by atoms with Gasteiger partial charge in [-0.2, -0.15) is 17.0 Å². The van der Waals surface area contributed by atoms with Gasteiger partial charge in [-0.1, -0.05) is 0 Å². The minimum Gasteiger partial charge on any atom is -0.315 e. The van der Waals surface area contributed by atoms with Gasteiger partial charge in [-0.15, -0.1) is 0 Å². The van der Waals surface area contributed by atoms with E-state index < -0.39 is 10.2 Å². The molecular weight excluding hydrogens is 214 g/mol. The number of hydrogen-bond donors (Lipinski definition) is 1. The molecule has 0 radical (unpaired) electrons.